The minimum Gasteiger partial charge on any atom is -0.328 e. The predicted octanol–water partition coefficient (Wildman–Crippen LogP) is 2.77. The monoisotopic (exact) mass is 224 g/mol. The van der Waals surface area contributed by atoms with Gasteiger partial charge in [-0.25, -0.2) is 0 Å². The first-order valence-electron chi connectivity index (χ1n) is 7.29. The lowest BCUT2D eigenvalue weighted by Crippen LogP contribution is -2.39. The van der Waals surface area contributed by atoms with Crippen LogP contribution in [-0.2, 0) is 0 Å². The number of nitrogens with zero attached hydrogens (tertiary/aromatic N) is 1. The minimum absolute atomic E-state index is 0.495. The van der Waals surface area contributed by atoms with Crippen molar-refractivity contribution in [2.45, 2.75) is 70.4 Å². The summed E-state index contributed by atoms with van der Waals surface area (Å²) in [6.07, 6.45) is 11.1. The van der Waals surface area contributed by atoms with Crippen molar-refractivity contribution in [2.75, 3.05) is 13.1 Å². The molecule has 0 radical (unpaired) electrons. The third-order valence-electron chi connectivity index (χ3n) is 4.57. The van der Waals surface area contributed by atoms with Crippen LogP contribution < -0.4 is 5.73 Å². The van der Waals surface area contributed by atoms with E-state index in [9.17, 15) is 0 Å². The van der Waals surface area contributed by atoms with Crippen molar-refractivity contribution >= 4 is 0 Å². The molecule has 16 heavy (non-hydrogen) atoms. The Kier molecular flexibility index (Phi) is 4.66. The summed E-state index contributed by atoms with van der Waals surface area (Å²) in [5.41, 5.74) is 6.00. The van der Waals surface area contributed by atoms with Gasteiger partial charge in [-0.1, -0.05) is 26.2 Å². The van der Waals surface area contributed by atoms with Crippen LogP contribution >= 0.6 is 0 Å². The van der Waals surface area contributed by atoms with Gasteiger partial charge in [-0.15, -0.1) is 0 Å². The summed E-state index contributed by atoms with van der Waals surface area (Å²) in [4.78, 5) is 2.74. The number of hydrogen-bond acceptors (Lipinski definition) is 2. The largest absolute Gasteiger partial charge is 0.328 e. The van der Waals surface area contributed by atoms with Gasteiger partial charge < -0.3 is 10.6 Å². The second-order valence-electron chi connectivity index (χ2n) is 5.82. The molecule has 0 aromatic carbocycles. The minimum atomic E-state index is 0.495. The first kappa shape index (κ1) is 12.4. The van der Waals surface area contributed by atoms with E-state index >= 15 is 0 Å². The van der Waals surface area contributed by atoms with Crippen LogP contribution in [0.4, 0.5) is 0 Å². The first-order valence-corrected chi connectivity index (χ1v) is 7.29. The van der Waals surface area contributed by atoms with Crippen LogP contribution in [0.3, 0.4) is 0 Å². The maximum Gasteiger partial charge on any atom is 0.00952 e. The Labute approximate surface area is 101 Å². The molecule has 0 spiro atoms. The molecule has 0 amide bonds. The first-order chi connectivity index (χ1) is 7.79. The molecule has 94 valence electrons. The van der Waals surface area contributed by atoms with Crippen molar-refractivity contribution < 1.29 is 0 Å². The van der Waals surface area contributed by atoms with Crippen molar-refractivity contribution in [3.63, 3.8) is 0 Å². The van der Waals surface area contributed by atoms with Crippen molar-refractivity contribution in [1.82, 2.24) is 4.90 Å². The lowest BCUT2D eigenvalue weighted by Gasteiger charge is -2.35. The zero-order valence-corrected chi connectivity index (χ0v) is 10.8. The van der Waals surface area contributed by atoms with E-state index in [2.05, 4.69) is 11.8 Å². The molecule has 0 saturated heterocycles. The Balaban J connectivity index is 1.80. The predicted molar refractivity (Wildman–Crippen MR) is 69.4 cm³/mol. The van der Waals surface area contributed by atoms with Gasteiger partial charge >= 0.3 is 0 Å². The van der Waals surface area contributed by atoms with E-state index in [4.69, 9.17) is 5.73 Å². The molecular weight excluding hydrogens is 196 g/mol. The van der Waals surface area contributed by atoms with Gasteiger partial charge in [0.15, 0.2) is 0 Å². The third-order valence-corrected chi connectivity index (χ3v) is 4.57. The fourth-order valence-electron chi connectivity index (χ4n) is 3.59. The normalized spacial score (nSPS) is 32.4. The Morgan fingerprint density at radius 3 is 2.38 bits per heavy atom. The van der Waals surface area contributed by atoms with E-state index in [1.165, 1.54) is 64.5 Å². The number of rotatable bonds is 4. The highest BCUT2D eigenvalue weighted by atomic mass is 15.2. The smallest absolute Gasteiger partial charge is 0.00952 e. The SMILES string of the molecule is CCN(CC1CCC(N)C1)C1CCCCC1. The van der Waals surface area contributed by atoms with E-state index in [1.807, 2.05) is 0 Å². The summed E-state index contributed by atoms with van der Waals surface area (Å²) >= 11 is 0. The van der Waals surface area contributed by atoms with Gasteiger partial charge in [-0.2, -0.15) is 0 Å². The lowest BCUT2D eigenvalue weighted by atomic mass is 9.93. The summed E-state index contributed by atoms with van der Waals surface area (Å²) in [7, 11) is 0. The molecule has 0 heterocycles. The summed E-state index contributed by atoms with van der Waals surface area (Å²) in [6.45, 7) is 4.87. The van der Waals surface area contributed by atoms with Crippen molar-refractivity contribution in [3.05, 3.63) is 0 Å². The topological polar surface area (TPSA) is 29.3 Å². The molecule has 2 fully saturated rings. The number of hydrogen-bond donors (Lipinski definition) is 1. The lowest BCUT2D eigenvalue weighted by molar-refractivity contribution is 0.140. The van der Waals surface area contributed by atoms with Gasteiger partial charge in [0, 0.05) is 18.6 Å². The molecular formula is C14H28N2. The quantitative estimate of drug-likeness (QED) is 0.795. The highest BCUT2D eigenvalue weighted by Crippen LogP contribution is 2.28. The fraction of sp³-hybridized carbons (Fsp3) is 1.00. The Morgan fingerprint density at radius 2 is 1.81 bits per heavy atom. The van der Waals surface area contributed by atoms with Crippen LogP contribution in [0.25, 0.3) is 0 Å². The van der Waals surface area contributed by atoms with Gasteiger partial charge in [-0.3, -0.25) is 0 Å². The molecule has 0 aromatic rings. The zero-order valence-electron chi connectivity index (χ0n) is 10.8. The van der Waals surface area contributed by atoms with Gasteiger partial charge in [0.2, 0.25) is 0 Å². The maximum atomic E-state index is 6.00. The molecule has 2 aliphatic rings. The standard InChI is InChI=1S/C14H28N2/c1-2-16(14-6-4-3-5-7-14)11-12-8-9-13(15)10-12/h12-14H,2-11,15H2,1H3. The van der Waals surface area contributed by atoms with Crippen LogP contribution in [0, 0.1) is 5.92 Å². The molecule has 2 heteroatoms. The molecule has 2 atom stereocenters. The van der Waals surface area contributed by atoms with E-state index in [0.29, 0.717) is 6.04 Å². The van der Waals surface area contributed by atoms with Crippen LogP contribution in [-0.4, -0.2) is 30.1 Å². The van der Waals surface area contributed by atoms with E-state index < -0.39 is 0 Å². The maximum absolute atomic E-state index is 6.00. The van der Waals surface area contributed by atoms with Gasteiger partial charge in [-0.05, 0) is 44.6 Å². The molecule has 2 nitrogen and oxygen atoms in total. The van der Waals surface area contributed by atoms with Crippen molar-refractivity contribution in [1.29, 1.82) is 0 Å². The highest BCUT2D eigenvalue weighted by Gasteiger charge is 2.26. The van der Waals surface area contributed by atoms with Gasteiger partial charge in [0.1, 0.15) is 0 Å². The van der Waals surface area contributed by atoms with Crippen LogP contribution in [0.1, 0.15) is 58.3 Å². The zero-order chi connectivity index (χ0) is 11.4. The Morgan fingerprint density at radius 1 is 1.06 bits per heavy atom. The molecule has 0 bridgehead atoms. The van der Waals surface area contributed by atoms with Crippen LogP contribution in [0.2, 0.25) is 0 Å². The molecule has 2 aliphatic carbocycles. The van der Waals surface area contributed by atoms with Crippen LogP contribution in [0.5, 0.6) is 0 Å². The third kappa shape index (κ3) is 3.21. The Hall–Kier alpha value is -0.0800. The molecule has 2 saturated carbocycles. The Bertz CT molecular complexity index is 199. The summed E-state index contributed by atoms with van der Waals surface area (Å²) < 4.78 is 0. The number of nitrogens with two attached hydrogens (primary N) is 1. The highest BCUT2D eigenvalue weighted by molar-refractivity contribution is 4.83. The van der Waals surface area contributed by atoms with Crippen LogP contribution in [0.15, 0.2) is 0 Å². The second kappa shape index (κ2) is 6.02. The molecule has 2 rings (SSSR count). The second-order valence-corrected chi connectivity index (χ2v) is 5.82. The molecule has 2 unspecified atom stereocenters. The van der Waals surface area contributed by atoms with E-state index in [0.717, 1.165) is 12.0 Å². The summed E-state index contributed by atoms with van der Waals surface area (Å²) in [5, 5.41) is 0. The van der Waals surface area contributed by atoms with Crippen molar-refractivity contribution in [3.8, 4) is 0 Å². The molecule has 0 aromatic heterocycles. The fourth-order valence-corrected chi connectivity index (χ4v) is 3.59. The van der Waals surface area contributed by atoms with Gasteiger partial charge in [0.25, 0.3) is 0 Å². The van der Waals surface area contributed by atoms with Gasteiger partial charge in [0.05, 0.1) is 0 Å². The summed E-state index contributed by atoms with van der Waals surface area (Å²) in [6, 6.07) is 1.38. The molecule has 2 N–H and O–H groups in total. The molecule has 0 aliphatic heterocycles. The van der Waals surface area contributed by atoms with E-state index in [1.54, 1.807) is 0 Å². The average Bonchev–Trinajstić information content (AvgIpc) is 2.73. The van der Waals surface area contributed by atoms with E-state index in [-0.39, 0.29) is 0 Å². The summed E-state index contributed by atoms with van der Waals surface area (Å²) in [5.74, 6) is 0.886. The van der Waals surface area contributed by atoms with Crippen molar-refractivity contribution in [2.24, 2.45) is 11.7 Å². The average molecular weight is 224 g/mol.